The standard InChI is InChI=1S/C9H9Cl2F/c10-6-9(12,7-11)8-4-2-1-3-5-8/h1-5H,6-7H2. The topological polar surface area (TPSA) is 0 Å². The number of halogens is 3. The first-order valence-corrected chi connectivity index (χ1v) is 4.66. The molecule has 66 valence electrons. The minimum Gasteiger partial charge on any atom is -0.236 e. The fourth-order valence-corrected chi connectivity index (χ4v) is 1.52. The lowest BCUT2D eigenvalue weighted by atomic mass is 10.0. The van der Waals surface area contributed by atoms with E-state index < -0.39 is 5.67 Å². The average molecular weight is 207 g/mol. The fourth-order valence-electron chi connectivity index (χ4n) is 0.927. The minimum absolute atomic E-state index is 0.111. The molecule has 3 heteroatoms. The highest BCUT2D eigenvalue weighted by Gasteiger charge is 2.29. The Kier molecular flexibility index (Phi) is 3.36. The summed E-state index contributed by atoms with van der Waals surface area (Å²) >= 11 is 11.0. The Morgan fingerprint density at radius 2 is 1.58 bits per heavy atom. The van der Waals surface area contributed by atoms with E-state index in [0.29, 0.717) is 5.56 Å². The van der Waals surface area contributed by atoms with E-state index in [2.05, 4.69) is 0 Å². The van der Waals surface area contributed by atoms with Crippen molar-refractivity contribution in [3.63, 3.8) is 0 Å². The number of hydrogen-bond acceptors (Lipinski definition) is 0. The van der Waals surface area contributed by atoms with Gasteiger partial charge in [0.2, 0.25) is 0 Å². The first-order chi connectivity index (χ1) is 5.73. The molecular weight excluding hydrogens is 198 g/mol. The lowest BCUT2D eigenvalue weighted by Gasteiger charge is -2.19. The van der Waals surface area contributed by atoms with Crippen molar-refractivity contribution in [3.8, 4) is 0 Å². The van der Waals surface area contributed by atoms with Crippen LogP contribution in [0.3, 0.4) is 0 Å². The molecule has 1 aromatic rings. The van der Waals surface area contributed by atoms with Crippen LogP contribution in [0.25, 0.3) is 0 Å². The molecule has 0 nitrogen and oxygen atoms in total. The van der Waals surface area contributed by atoms with Crippen LogP contribution in [0, 0.1) is 0 Å². The van der Waals surface area contributed by atoms with Crippen molar-refractivity contribution in [2.75, 3.05) is 11.8 Å². The molecule has 0 aliphatic rings. The lowest BCUT2D eigenvalue weighted by molar-refractivity contribution is 0.231. The van der Waals surface area contributed by atoms with E-state index in [9.17, 15) is 4.39 Å². The van der Waals surface area contributed by atoms with Crippen LogP contribution in [-0.2, 0) is 5.67 Å². The molecule has 0 N–H and O–H groups in total. The quantitative estimate of drug-likeness (QED) is 0.667. The summed E-state index contributed by atoms with van der Waals surface area (Å²) in [6, 6.07) is 8.73. The smallest absolute Gasteiger partial charge is 0.162 e. The molecule has 0 aliphatic heterocycles. The van der Waals surface area contributed by atoms with Gasteiger partial charge in [0, 0.05) is 0 Å². The average Bonchev–Trinajstić information content (AvgIpc) is 2.18. The second kappa shape index (κ2) is 4.11. The summed E-state index contributed by atoms with van der Waals surface area (Å²) in [6.07, 6.45) is 0. The van der Waals surface area contributed by atoms with Crippen molar-refractivity contribution in [2.45, 2.75) is 5.67 Å². The highest BCUT2D eigenvalue weighted by Crippen LogP contribution is 2.28. The van der Waals surface area contributed by atoms with Gasteiger partial charge in [0.25, 0.3) is 0 Å². The number of benzene rings is 1. The third-order valence-electron chi connectivity index (χ3n) is 1.71. The van der Waals surface area contributed by atoms with E-state index >= 15 is 0 Å². The molecule has 0 heterocycles. The molecular formula is C9H9Cl2F. The third kappa shape index (κ3) is 1.90. The number of hydrogen-bond donors (Lipinski definition) is 0. The van der Waals surface area contributed by atoms with Gasteiger partial charge in [-0.3, -0.25) is 0 Å². The van der Waals surface area contributed by atoms with Crippen LogP contribution in [0.4, 0.5) is 4.39 Å². The van der Waals surface area contributed by atoms with Gasteiger partial charge < -0.3 is 0 Å². The molecule has 1 rings (SSSR count). The molecule has 0 aliphatic carbocycles. The summed E-state index contributed by atoms with van der Waals surface area (Å²) in [7, 11) is 0. The summed E-state index contributed by atoms with van der Waals surface area (Å²) in [4.78, 5) is 0. The van der Waals surface area contributed by atoms with Gasteiger partial charge in [0.1, 0.15) is 0 Å². The fraction of sp³-hybridized carbons (Fsp3) is 0.333. The van der Waals surface area contributed by atoms with Crippen molar-refractivity contribution >= 4 is 23.2 Å². The summed E-state index contributed by atoms with van der Waals surface area (Å²) in [6.45, 7) is 0. The Labute approximate surface area is 81.3 Å². The normalized spacial score (nSPS) is 11.6. The van der Waals surface area contributed by atoms with Crippen molar-refractivity contribution in [1.82, 2.24) is 0 Å². The molecule has 0 unspecified atom stereocenters. The van der Waals surface area contributed by atoms with E-state index in [4.69, 9.17) is 23.2 Å². The van der Waals surface area contributed by atoms with Gasteiger partial charge in [-0.2, -0.15) is 0 Å². The molecule has 0 bridgehead atoms. The van der Waals surface area contributed by atoms with Gasteiger partial charge >= 0.3 is 0 Å². The summed E-state index contributed by atoms with van der Waals surface area (Å²) in [5.41, 5.74) is -1.06. The molecule has 0 saturated carbocycles. The Morgan fingerprint density at radius 3 is 2.00 bits per heavy atom. The van der Waals surface area contributed by atoms with Crippen LogP contribution < -0.4 is 0 Å². The van der Waals surface area contributed by atoms with Crippen LogP contribution in [0.5, 0.6) is 0 Å². The molecule has 0 saturated heterocycles. The van der Waals surface area contributed by atoms with Gasteiger partial charge in [-0.05, 0) is 5.56 Å². The van der Waals surface area contributed by atoms with Crippen molar-refractivity contribution < 1.29 is 4.39 Å². The molecule has 12 heavy (non-hydrogen) atoms. The largest absolute Gasteiger partial charge is 0.236 e. The molecule has 1 aromatic carbocycles. The zero-order chi connectivity index (χ0) is 9.03. The zero-order valence-electron chi connectivity index (χ0n) is 6.43. The molecule has 0 aromatic heterocycles. The van der Waals surface area contributed by atoms with Crippen LogP contribution in [-0.4, -0.2) is 11.8 Å². The molecule has 0 fully saturated rings. The minimum atomic E-state index is -1.59. The van der Waals surface area contributed by atoms with Crippen molar-refractivity contribution in [3.05, 3.63) is 35.9 Å². The monoisotopic (exact) mass is 206 g/mol. The summed E-state index contributed by atoms with van der Waals surface area (Å²) in [5, 5.41) is 0. The van der Waals surface area contributed by atoms with E-state index in [1.165, 1.54) is 0 Å². The lowest BCUT2D eigenvalue weighted by Crippen LogP contribution is -2.24. The summed E-state index contributed by atoms with van der Waals surface area (Å²) in [5.74, 6) is -0.221. The Hall–Kier alpha value is -0.270. The van der Waals surface area contributed by atoms with Crippen LogP contribution in [0.15, 0.2) is 30.3 Å². The number of alkyl halides is 3. The van der Waals surface area contributed by atoms with Crippen molar-refractivity contribution in [1.29, 1.82) is 0 Å². The predicted molar refractivity (Wildman–Crippen MR) is 50.7 cm³/mol. The van der Waals surface area contributed by atoms with E-state index in [1.54, 1.807) is 24.3 Å². The maximum atomic E-state index is 13.7. The van der Waals surface area contributed by atoms with E-state index in [-0.39, 0.29) is 11.8 Å². The van der Waals surface area contributed by atoms with Gasteiger partial charge in [-0.25, -0.2) is 4.39 Å². The van der Waals surface area contributed by atoms with Crippen LogP contribution in [0.2, 0.25) is 0 Å². The van der Waals surface area contributed by atoms with E-state index in [0.717, 1.165) is 0 Å². The van der Waals surface area contributed by atoms with Gasteiger partial charge in [0.15, 0.2) is 5.67 Å². The highest BCUT2D eigenvalue weighted by molar-refractivity contribution is 6.21. The summed E-state index contributed by atoms with van der Waals surface area (Å²) < 4.78 is 13.7. The number of rotatable bonds is 3. The Balaban J connectivity index is 2.95. The van der Waals surface area contributed by atoms with Gasteiger partial charge in [-0.1, -0.05) is 30.3 Å². The predicted octanol–water partition coefficient (Wildman–Crippen LogP) is 3.33. The molecule has 0 radical (unpaired) electrons. The maximum Gasteiger partial charge on any atom is 0.162 e. The highest BCUT2D eigenvalue weighted by atomic mass is 35.5. The van der Waals surface area contributed by atoms with Crippen molar-refractivity contribution in [2.24, 2.45) is 0 Å². The molecule has 0 amide bonds. The van der Waals surface area contributed by atoms with Crippen LogP contribution in [0.1, 0.15) is 5.56 Å². The zero-order valence-corrected chi connectivity index (χ0v) is 7.95. The molecule has 0 atom stereocenters. The Morgan fingerprint density at radius 1 is 1.08 bits per heavy atom. The second-order valence-electron chi connectivity index (χ2n) is 2.60. The third-order valence-corrected chi connectivity index (χ3v) is 2.56. The first kappa shape index (κ1) is 9.82. The van der Waals surface area contributed by atoms with Gasteiger partial charge in [-0.15, -0.1) is 23.2 Å². The SMILES string of the molecule is FC(CCl)(CCl)c1ccccc1. The van der Waals surface area contributed by atoms with E-state index in [1.807, 2.05) is 6.07 Å². The first-order valence-electron chi connectivity index (χ1n) is 3.59. The molecule has 0 spiro atoms. The van der Waals surface area contributed by atoms with Crippen LogP contribution >= 0.6 is 23.2 Å². The van der Waals surface area contributed by atoms with Gasteiger partial charge in [0.05, 0.1) is 11.8 Å². The maximum absolute atomic E-state index is 13.7. The Bertz CT molecular complexity index is 232. The second-order valence-corrected chi connectivity index (χ2v) is 3.13.